The molecule has 58 valence electrons. The van der Waals surface area contributed by atoms with Crippen LogP contribution < -0.4 is 0 Å². The zero-order valence-electron chi connectivity index (χ0n) is 6.76. The van der Waals surface area contributed by atoms with Gasteiger partial charge in [0.25, 0.3) is 0 Å². The third kappa shape index (κ3) is 0.895. The van der Waals surface area contributed by atoms with E-state index in [-0.39, 0.29) is 0 Å². The van der Waals surface area contributed by atoms with E-state index < -0.39 is 0 Å². The topological polar surface area (TPSA) is 20.2 Å². The summed E-state index contributed by atoms with van der Waals surface area (Å²) in [5, 5.41) is 11.4. The Hall–Kier alpha value is -1.68. The molecule has 0 heterocycles. The molecule has 1 nitrogen and oxygen atoms in total. The molecule has 1 N–H and O–H groups in total. The summed E-state index contributed by atoms with van der Waals surface area (Å²) in [7, 11) is 0. The lowest BCUT2D eigenvalue weighted by atomic mass is 10.1. The zero-order chi connectivity index (χ0) is 8.55. The average molecular weight is 156 g/mol. The first-order valence-corrected chi connectivity index (χ1v) is 3.80. The number of fused-ring (bicyclic) bond motifs is 1. The Kier molecular flexibility index (Phi) is 1.41. The standard InChI is InChI=1S/C11H8O/c1-8-6-7-9-4-2-3-5-10(9)11(8)12/h2-5,12H,1H3. The third-order valence-corrected chi connectivity index (χ3v) is 1.92. The summed E-state index contributed by atoms with van der Waals surface area (Å²) < 4.78 is 0. The van der Waals surface area contributed by atoms with Gasteiger partial charge in [-0.3, -0.25) is 0 Å². The molecule has 0 aliphatic carbocycles. The van der Waals surface area contributed by atoms with Gasteiger partial charge in [0.2, 0.25) is 0 Å². The fraction of sp³-hybridized carbons (Fsp3) is 0.0909. The van der Waals surface area contributed by atoms with Gasteiger partial charge in [0.1, 0.15) is 5.75 Å². The highest BCUT2D eigenvalue weighted by molar-refractivity contribution is 5.87. The lowest BCUT2D eigenvalue weighted by molar-refractivity contribution is 0.477. The van der Waals surface area contributed by atoms with Crippen LogP contribution >= 0.6 is 0 Å². The van der Waals surface area contributed by atoms with Crippen molar-refractivity contribution in [1.82, 2.24) is 0 Å². The lowest BCUT2D eigenvalue weighted by Crippen LogP contribution is -1.75. The second-order valence-electron chi connectivity index (χ2n) is 2.77. The van der Waals surface area contributed by atoms with E-state index in [0.717, 1.165) is 16.3 Å². The molecule has 0 radical (unpaired) electrons. The summed E-state index contributed by atoms with van der Waals surface area (Å²) in [6.45, 7) is 1.82. The minimum Gasteiger partial charge on any atom is -0.506 e. The quantitative estimate of drug-likeness (QED) is 0.621. The predicted octanol–water partition coefficient (Wildman–Crippen LogP) is 2.45. The molecule has 0 amide bonds. The van der Waals surface area contributed by atoms with Gasteiger partial charge in [-0.1, -0.05) is 24.3 Å². The maximum absolute atomic E-state index is 9.61. The van der Waals surface area contributed by atoms with Crippen LogP contribution in [0.15, 0.2) is 24.3 Å². The molecule has 0 spiro atoms. The van der Waals surface area contributed by atoms with Gasteiger partial charge in [-0.15, -0.1) is 0 Å². The van der Waals surface area contributed by atoms with Crippen molar-refractivity contribution >= 4 is 10.8 Å². The molecule has 2 aromatic carbocycles. The molecule has 0 saturated carbocycles. The number of aromatic hydroxyl groups is 1. The predicted molar refractivity (Wildman–Crippen MR) is 48.0 cm³/mol. The van der Waals surface area contributed by atoms with Gasteiger partial charge in [0.15, 0.2) is 0 Å². The van der Waals surface area contributed by atoms with Gasteiger partial charge in [0.05, 0.1) is 0 Å². The van der Waals surface area contributed by atoms with Crippen molar-refractivity contribution in [3.63, 3.8) is 0 Å². The van der Waals surface area contributed by atoms with Crippen molar-refractivity contribution in [3.8, 4) is 5.75 Å². The fourth-order valence-corrected chi connectivity index (χ4v) is 1.22. The minimum atomic E-state index is 0.310. The van der Waals surface area contributed by atoms with Crippen LogP contribution in [0, 0.1) is 19.1 Å². The van der Waals surface area contributed by atoms with Gasteiger partial charge in [0, 0.05) is 16.3 Å². The summed E-state index contributed by atoms with van der Waals surface area (Å²) in [6, 6.07) is 13.4. The number of hydrogen-bond acceptors (Lipinski definition) is 1. The van der Waals surface area contributed by atoms with Gasteiger partial charge in [-0.05, 0) is 19.1 Å². The summed E-state index contributed by atoms with van der Waals surface area (Å²) in [5.41, 5.74) is 0.744. The smallest absolute Gasteiger partial charge is 0.135 e. The average Bonchev–Trinajstić information content (AvgIpc) is 2.12. The molecule has 0 aliphatic heterocycles. The van der Waals surface area contributed by atoms with E-state index in [1.807, 2.05) is 31.2 Å². The highest BCUT2D eigenvalue weighted by atomic mass is 16.3. The number of benzene rings is 1. The highest BCUT2D eigenvalue weighted by Crippen LogP contribution is 2.24. The van der Waals surface area contributed by atoms with Crippen molar-refractivity contribution in [2.45, 2.75) is 6.92 Å². The summed E-state index contributed by atoms with van der Waals surface area (Å²) >= 11 is 0. The summed E-state index contributed by atoms with van der Waals surface area (Å²) in [6.07, 6.45) is 0. The van der Waals surface area contributed by atoms with E-state index >= 15 is 0 Å². The molecular formula is C11H8O. The first-order chi connectivity index (χ1) is 5.79. The molecule has 0 unspecified atom stereocenters. The van der Waals surface area contributed by atoms with Gasteiger partial charge < -0.3 is 5.11 Å². The van der Waals surface area contributed by atoms with Gasteiger partial charge >= 0.3 is 0 Å². The van der Waals surface area contributed by atoms with E-state index in [0.29, 0.717) is 5.75 Å². The van der Waals surface area contributed by atoms with E-state index in [9.17, 15) is 5.11 Å². The normalized spacial score (nSPS) is 9.75. The molecule has 0 aliphatic rings. The molecule has 0 saturated heterocycles. The first kappa shape index (κ1) is 7.00. The second-order valence-corrected chi connectivity index (χ2v) is 2.77. The highest BCUT2D eigenvalue weighted by Gasteiger charge is 1.99. The first-order valence-electron chi connectivity index (χ1n) is 3.80. The van der Waals surface area contributed by atoms with Crippen molar-refractivity contribution in [1.29, 1.82) is 0 Å². The van der Waals surface area contributed by atoms with E-state index in [2.05, 4.69) is 12.1 Å². The van der Waals surface area contributed by atoms with E-state index in [1.165, 1.54) is 0 Å². The van der Waals surface area contributed by atoms with Crippen LogP contribution in [0.4, 0.5) is 0 Å². The molecule has 2 rings (SSSR count). The Labute approximate surface area is 71.3 Å². The monoisotopic (exact) mass is 156 g/mol. The van der Waals surface area contributed by atoms with Crippen LogP contribution in [0.3, 0.4) is 0 Å². The molecule has 1 heteroatoms. The largest absolute Gasteiger partial charge is 0.506 e. The maximum Gasteiger partial charge on any atom is 0.135 e. The van der Waals surface area contributed by atoms with E-state index in [4.69, 9.17) is 0 Å². The zero-order valence-corrected chi connectivity index (χ0v) is 6.76. The van der Waals surface area contributed by atoms with Crippen LogP contribution in [0.25, 0.3) is 10.8 Å². The number of hydrogen-bond donors (Lipinski definition) is 1. The van der Waals surface area contributed by atoms with Gasteiger partial charge in [-0.25, -0.2) is 0 Å². The van der Waals surface area contributed by atoms with Gasteiger partial charge in [-0.2, -0.15) is 0 Å². The molecule has 0 fully saturated rings. The third-order valence-electron chi connectivity index (χ3n) is 1.92. The Morgan fingerprint density at radius 3 is 2.75 bits per heavy atom. The Morgan fingerprint density at radius 1 is 1.17 bits per heavy atom. The minimum absolute atomic E-state index is 0.310. The van der Waals surface area contributed by atoms with Crippen molar-refractivity contribution in [3.05, 3.63) is 42.0 Å². The van der Waals surface area contributed by atoms with Crippen LogP contribution in [-0.2, 0) is 0 Å². The van der Waals surface area contributed by atoms with Crippen molar-refractivity contribution < 1.29 is 5.11 Å². The summed E-state index contributed by atoms with van der Waals surface area (Å²) in [4.78, 5) is 0. The van der Waals surface area contributed by atoms with Crippen molar-refractivity contribution in [2.75, 3.05) is 0 Å². The second kappa shape index (κ2) is 2.42. The lowest BCUT2D eigenvalue weighted by Gasteiger charge is -1.98. The molecule has 12 heavy (non-hydrogen) atoms. The molecule has 0 atom stereocenters. The molecule has 0 bridgehead atoms. The molecule has 2 aromatic rings. The molecule has 0 aromatic heterocycles. The van der Waals surface area contributed by atoms with Crippen LogP contribution in [-0.4, -0.2) is 5.11 Å². The SMILES string of the molecule is Cc1c#cc2ccccc2c1O. The van der Waals surface area contributed by atoms with Crippen LogP contribution in [0.1, 0.15) is 5.56 Å². The molecular weight excluding hydrogens is 148 g/mol. The van der Waals surface area contributed by atoms with Crippen molar-refractivity contribution in [2.24, 2.45) is 0 Å². The Morgan fingerprint density at radius 2 is 1.92 bits per heavy atom. The summed E-state index contributed by atoms with van der Waals surface area (Å²) in [5.74, 6) is 0.310. The van der Waals surface area contributed by atoms with E-state index in [1.54, 1.807) is 0 Å². The fourth-order valence-electron chi connectivity index (χ4n) is 1.22. The Balaban J connectivity index is 2.91. The Bertz CT molecular complexity index is 418. The maximum atomic E-state index is 9.61. The van der Waals surface area contributed by atoms with Crippen LogP contribution in [0.2, 0.25) is 0 Å². The number of rotatable bonds is 0. The van der Waals surface area contributed by atoms with Crippen LogP contribution in [0.5, 0.6) is 5.75 Å².